The number of rotatable bonds is 11. The molecule has 1 unspecified atom stereocenters. The third-order valence-electron chi connectivity index (χ3n) is 4.32. The number of esters is 1. The number of methoxy groups -OCH3 is 1. The standard InChI is InChI=1S/C21H27ClN4O4/c1-5-8-17(22)25(13-6-2)20(27)19-18(21(28)30-7-3)23-24-26(19)14-15-9-11-16(29-4)12-10-15/h5,9-12,17H,1,6-8,13-14H2,2-4H3. The Morgan fingerprint density at radius 2 is 2.00 bits per heavy atom. The maximum absolute atomic E-state index is 13.4. The van der Waals surface area contributed by atoms with E-state index in [0.717, 1.165) is 5.56 Å². The van der Waals surface area contributed by atoms with E-state index in [1.54, 1.807) is 20.1 Å². The number of halogens is 1. The van der Waals surface area contributed by atoms with Crippen LogP contribution in [-0.4, -0.2) is 57.5 Å². The van der Waals surface area contributed by atoms with E-state index < -0.39 is 17.4 Å². The molecule has 0 N–H and O–H groups in total. The van der Waals surface area contributed by atoms with Crippen molar-refractivity contribution in [1.82, 2.24) is 19.9 Å². The lowest BCUT2D eigenvalue weighted by Gasteiger charge is -2.27. The van der Waals surface area contributed by atoms with Gasteiger partial charge < -0.3 is 14.4 Å². The summed E-state index contributed by atoms with van der Waals surface area (Å²) in [7, 11) is 1.59. The molecule has 0 spiro atoms. The highest BCUT2D eigenvalue weighted by Gasteiger charge is 2.32. The smallest absolute Gasteiger partial charge is 0.361 e. The van der Waals surface area contributed by atoms with Gasteiger partial charge in [0.25, 0.3) is 5.91 Å². The van der Waals surface area contributed by atoms with E-state index in [0.29, 0.717) is 25.1 Å². The van der Waals surface area contributed by atoms with Gasteiger partial charge in [0.2, 0.25) is 5.69 Å². The summed E-state index contributed by atoms with van der Waals surface area (Å²) in [4.78, 5) is 27.3. The molecule has 0 radical (unpaired) electrons. The van der Waals surface area contributed by atoms with Crippen molar-refractivity contribution in [2.75, 3.05) is 20.3 Å². The minimum absolute atomic E-state index is 0.0485. The molecule has 0 bridgehead atoms. The zero-order chi connectivity index (χ0) is 22.1. The molecule has 1 atom stereocenters. The summed E-state index contributed by atoms with van der Waals surface area (Å²) in [6, 6.07) is 7.32. The predicted molar refractivity (Wildman–Crippen MR) is 114 cm³/mol. The molecule has 1 aromatic carbocycles. The fourth-order valence-corrected chi connectivity index (χ4v) is 3.20. The molecule has 1 aromatic heterocycles. The summed E-state index contributed by atoms with van der Waals surface area (Å²) in [6.07, 6.45) is 2.75. The molecule has 0 aliphatic carbocycles. The lowest BCUT2D eigenvalue weighted by Crippen LogP contribution is -2.39. The number of alkyl halides is 1. The van der Waals surface area contributed by atoms with Crippen LogP contribution in [0.1, 0.15) is 53.2 Å². The highest BCUT2D eigenvalue weighted by Crippen LogP contribution is 2.19. The zero-order valence-corrected chi connectivity index (χ0v) is 18.3. The third kappa shape index (κ3) is 5.60. The van der Waals surface area contributed by atoms with E-state index in [1.165, 1.54) is 9.58 Å². The molecule has 9 heteroatoms. The lowest BCUT2D eigenvalue weighted by atomic mass is 10.2. The van der Waals surface area contributed by atoms with Gasteiger partial charge in [-0.1, -0.05) is 41.9 Å². The topological polar surface area (TPSA) is 86.5 Å². The summed E-state index contributed by atoms with van der Waals surface area (Å²) in [5.74, 6) is -0.419. The van der Waals surface area contributed by atoms with Gasteiger partial charge in [-0.05, 0) is 37.5 Å². The van der Waals surface area contributed by atoms with Crippen LogP contribution in [0.15, 0.2) is 36.9 Å². The first-order valence-electron chi connectivity index (χ1n) is 9.76. The summed E-state index contributed by atoms with van der Waals surface area (Å²) in [5.41, 5.74) is 0.182. The predicted octanol–water partition coefficient (Wildman–Crippen LogP) is 3.50. The number of carbonyl (C=O) groups is 2. The van der Waals surface area contributed by atoms with Crippen molar-refractivity contribution in [2.24, 2.45) is 0 Å². The van der Waals surface area contributed by atoms with Crippen LogP contribution in [0.25, 0.3) is 0 Å². The zero-order valence-electron chi connectivity index (χ0n) is 17.5. The van der Waals surface area contributed by atoms with Gasteiger partial charge in [-0.2, -0.15) is 0 Å². The van der Waals surface area contributed by atoms with Crippen LogP contribution < -0.4 is 4.74 Å². The lowest BCUT2D eigenvalue weighted by molar-refractivity contribution is 0.0510. The van der Waals surface area contributed by atoms with Crippen molar-refractivity contribution in [3.63, 3.8) is 0 Å². The van der Waals surface area contributed by atoms with E-state index in [1.807, 2.05) is 31.2 Å². The number of hydrogen-bond donors (Lipinski definition) is 0. The van der Waals surface area contributed by atoms with Crippen molar-refractivity contribution in [1.29, 1.82) is 0 Å². The SMILES string of the molecule is C=CCC(Cl)N(CCC)C(=O)c1c(C(=O)OCC)nnn1Cc1ccc(OC)cc1. The van der Waals surface area contributed by atoms with Gasteiger partial charge in [0, 0.05) is 6.54 Å². The molecule has 0 aliphatic rings. The van der Waals surface area contributed by atoms with Crippen molar-refractivity contribution in [3.05, 3.63) is 53.9 Å². The third-order valence-corrected chi connectivity index (χ3v) is 4.74. The molecule has 0 aliphatic heterocycles. The number of carbonyl (C=O) groups excluding carboxylic acids is 2. The first kappa shape index (κ1) is 23.4. The number of nitrogens with zero attached hydrogens (tertiary/aromatic N) is 4. The van der Waals surface area contributed by atoms with Crippen LogP contribution in [0.2, 0.25) is 0 Å². The molecule has 2 rings (SSSR count). The molecule has 30 heavy (non-hydrogen) atoms. The molecule has 0 saturated heterocycles. The quantitative estimate of drug-likeness (QED) is 0.233. The Kier molecular flexibility index (Phi) is 8.86. The number of hydrogen-bond acceptors (Lipinski definition) is 6. The normalized spacial score (nSPS) is 11.6. The van der Waals surface area contributed by atoms with Gasteiger partial charge >= 0.3 is 5.97 Å². The molecule has 1 amide bonds. The summed E-state index contributed by atoms with van der Waals surface area (Å²) < 4.78 is 11.6. The second-order valence-corrected chi connectivity index (χ2v) is 6.97. The highest BCUT2D eigenvalue weighted by molar-refractivity contribution is 6.22. The van der Waals surface area contributed by atoms with Gasteiger partial charge in [-0.15, -0.1) is 11.7 Å². The average molecular weight is 435 g/mol. The van der Waals surface area contributed by atoms with E-state index in [-0.39, 0.29) is 24.5 Å². The Bertz CT molecular complexity index is 866. The van der Waals surface area contributed by atoms with Crippen LogP contribution in [-0.2, 0) is 11.3 Å². The Hall–Kier alpha value is -2.87. The van der Waals surface area contributed by atoms with E-state index in [4.69, 9.17) is 21.1 Å². The minimum atomic E-state index is -0.701. The molecule has 162 valence electrons. The maximum Gasteiger partial charge on any atom is 0.361 e. The van der Waals surface area contributed by atoms with Crippen LogP contribution in [0.3, 0.4) is 0 Å². The molecular weight excluding hydrogens is 408 g/mol. The maximum atomic E-state index is 13.4. The van der Waals surface area contributed by atoms with Crippen molar-refractivity contribution < 1.29 is 19.1 Å². The fourth-order valence-electron chi connectivity index (χ4n) is 2.89. The molecule has 8 nitrogen and oxygen atoms in total. The van der Waals surface area contributed by atoms with Crippen molar-refractivity contribution in [3.8, 4) is 5.75 Å². The van der Waals surface area contributed by atoms with Gasteiger partial charge in [0.1, 0.15) is 11.3 Å². The van der Waals surface area contributed by atoms with Crippen molar-refractivity contribution >= 4 is 23.5 Å². The van der Waals surface area contributed by atoms with Gasteiger partial charge in [-0.3, -0.25) is 4.79 Å². The van der Waals surface area contributed by atoms with Crippen LogP contribution in [0.4, 0.5) is 0 Å². The molecule has 1 heterocycles. The number of amides is 1. The monoisotopic (exact) mass is 434 g/mol. The van der Waals surface area contributed by atoms with E-state index in [9.17, 15) is 9.59 Å². The van der Waals surface area contributed by atoms with Gasteiger partial charge in [0.05, 0.1) is 20.3 Å². The summed E-state index contributed by atoms with van der Waals surface area (Å²) in [6.45, 7) is 8.12. The Morgan fingerprint density at radius 1 is 1.30 bits per heavy atom. The van der Waals surface area contributed by atoms with Gasteiger partial charge in [0.15, 0.2) is 5.69 Å². The summed E-state index contributed by atoms with van der Waals surface area (Å²) >= 11 is 6.43. The van der Waals surface area contributed by atoms with E-state index in [2.05, 4.69) is 16.9 Å². The molecular formula is C21H27ClN4O4. The summed E-state index contributed by atoms with van der Waals surface area (Å²) in [5, 5.41) is 7.99. The molecule has 0 saturated carbocycles. The second-order valence-electron chi connectivity index (χ2n) is 6.47. The number of ether oxygens (including phenoxy) is 2. The largest absolute Gasteiger partial charge is 0.497 e. The minimum Gasteiger partial charge on any atom is -0.497 e. The Morgan fingerprint density at radius 3 is 2.57 bits per heavy atom. The Balaban J connectivity index is 2.46. The first-order chi connectivity index (χ1) is 14.5. The van der Waals surface area contributed by atoms with Crippen LogP contribution in [0, 0.1) is 0 Å². The Labute approximate surface area is 181 Å². The fraction of sp³-hybridized carbons (Fsp3) is 0.429. The van der Waals surface area contributed by atoms with Crippen LogP contribution >= 0.6 is 11.6 Å². The second kappa shape index (κ2) is 11.3. The highest BCUT2D eigenvalue weighted by atomic mass is 35.5. The molecule has 2 aromatic rings. The van der Waals surface area contributed by atoms with Crippen molar-refractivity contribution in [2.45, 2.75) is 38.7 Å². The average Bonchev–Trinajstić information content (AvgIpc) is 3.16. The number of aromatic nitrogens is 3. The van der Waals surface area contributed by atoms with Crippen LogP contribution in [0.5, 0.6) is 5.75 Å². The van der Waals surface area contributed by atoms with E-state index >= 15 is 0 Å². The molecule has 0 fully saturated rings. The first-order valence-corrected chi connectivity index (χ1v) is 10.2. The number of benzene rings is 1. The van der Waals surface area contributed by atoms with Gasteiger partial charge in [-0.25, -0.2) is 9.48 Å².